The highest BCUT2D eigenvalue weighted by molar-refractivity contribution is 7.89. The second-order valence-electron chi connectivity index (χ2n) is 11.0. The van der Waals surface area contributed by atoms with Gasteiger partial charge in [-0.25, -0.2) is 8.42 Å². The average Bonchev–Trinajstić information content (AvgIpc) is 3.59. The highest BCUT2D eigenvalue weighted by Gasteiger charge is 2.32. The number of morpholine rings is 1. The van der Waals surface area contributed by atoms with Crippen molar-refractivity contribution < 1.29 is 37.0 Å². The zero-order valence-corrected chi connectivity index (χ0v) is 26.4. The van der Waals surface area contributed by atoms with E-state index in [9.17, 15) is 18.0 Å². The van der Waals surface area contributed by atoms with Crippen molar-refractivity contribution in [2.24, 2.45) is 0 Å². The van der Waals surface area contributed by atoms with Crippen molar-refractivity contribution in [3.05, 3.63) is 120 Å². The largest absolute Gasteiger partial charge is 0.484 e. The summed E-state index contributed by atoms with van der Waals surface area (Å²) >= 11 is 0. The lowest BCUT2D eigenvalue weighted by atomic mass is 10.0. The smallest absolute Gasteiger partial charge is 0.261 e. The molecule has 1 N–H and O–H groups in total. The molecule has 4 aromatic rings. The van der Waals surface area contributed by atoms with Crippen LogP contribution in [-0.4, -0.2) is 69.1 Å². The number of nitrogens with one attached hydrogen (secondary N) is 1. The van der Waals surface area contributed by atoms with E-state index in [-0.39, 0.29) is 37.3 Å². The van der Waals surface area contributed by atoms with Crippen molar-refractivity contribution in [1.29, 1.82) is 0 Å². The Morgan fingerprint density at radius 1 is 0.830 bits per heavy atom. The van der Waals surface area contributed by atoms with Crippen molar-refractivity contribution >= 4 is 21.8 Å². The number of benzene rings is 4. The van der Waals surface area contributed by atoms with Crippen LogP contribution < -0.4 is 19.5 Å². The Balaban J connectivity index is 1.20. The van der Waals surface area contributed by atoms with Crippen LogP contribution in [0, 0.1) is 0 Å². The molecule has 0 saturated carbocycles. The molecule has 0 spiro atoms. The van der Waals surface area contributed by atoms with E-state index in [0.717, 1.165) is 11.1 Å². The van der Waals surface area contributed by atoms with E-state index < -0.39 is 22.0 Å². The first kappa shape index (κ1) is 32.0. The van der Waals surface area contributed by atoms with Gasteiger partial charge in [0.15, 0.2) is 18.1 Å². The van der Waals surface area contributed by atoms with Gasteiger partial charge in [-0.05, 0) is 53.1 Å². The number of carbonyl (C=O) groups is 2. The first-order chi connectivity index (χ1) is 22.9. The molecule has 2 amide bonds. The van der Waals surface area contributed by atoms with Crippen LogP contribution in [0.3, 0.4) is 0 Å². The fraction of sp³-hybridized carbons (Fsp3) is 0.257. The van der Waals surface area contributed by atoms with Crippen LogP contribution in [0.4, 0.5) is 0 Å². The molecule has 2 aliphatic rings. The normalized spacial score (nSPS) is 15.1. The van der Waals surface area contributed by atoms with E-state index in [0.29, 0.717) is 49.1 Å². The summed E-state index contributed by atoms with van der Waals surface area (Å²) in [4.78, 5) is 29.5. The molecular formula is C35H35N3O8S. The van der Waals surface area contributed by atoms with Crippen LogP contribution in [-0.2, 0) is 37.4 Å². The van der Waals surface area contributed by atoms with E-state index in [1.54, 1.807) is 6.07 Å². The number of fused-ring (bicyclic) bond motifs is 1. The summed E-state index contributed by atoms with van der Waals surface area (Å²) in [6.07, 6.45) is 0. The summed E-state index contributed by atoms with van der Waals surface area (Å²) in [5.41, 5.74) is 2.29. The van der Waals surface area contributed by atoms with Crippen LogP contribution in [0.5, 0.6) is 17.2 Å². The molecule has 0 aromatic heterocycles. The standard InChI is InChI=1S/C35H35N3O8S/c39-33(24-44-29-12-14-30(15-13-29)47(41,42)37-17-19-43-20-18-37)38(23-26-7-3-1-4-8-26)34(28-9-5-2-6-10-28)35(40)36-22-27-11-16-31-32(21-27)46-25-45-31/h1-16,21,34H,17-20,22-25H2,(H,36,40)/t34-/m1/s1. The van der Waals surface area contributed by atoms with Gasteiger partial charge in [-0.2, -0.15) is 4.31 Å². The molecule has 0 bridgehead atoms. The van der Waals surface area contributed by atoms with Crippen molar-refractivity contribution in [3.63, 3.8) is 0 Å². The second-order valence-corrected chi connectivity index (χ2v) is 12.9. The summed E-state index contributed by atoms with van der Waals surface area (Å²) in [5.74, 6) is 0.792. The van der Waals surface area contributed by atoms with E-state index >= 15 is 0 Å². The topological polar surface area (TPSA) is 124 Å². The van der Waals surface area contributed by atoms with Gasteiger partial charge in [-0.15, -0.1) is 0 Å². The van der Waals surface area contributed by atoms with E-state index in [1.165, 1.54) is 33.5 Å². The molecule has 4 aromatic carbocycles. The molecule has 244 valence electrons. The van der Waals surface area contributed by atoms with E-state index in [2.05, 4.69) is 5.32 Å². The monoisotopic (exact) mass is 657 g/mol. The minimum absolute atomic E-state index is 0.132. The Labute approximate surface area is 273 Å². The molecule has 1 atom stereocenters. The quantitative estimate of drug-likeness (QED) is 0.244. The predicted octanol–water partition coefficient (Wildman–Crippen LogP) is 3.90. The predicted molar refractivity (Wildman–Crippen MR) is 172 cm³/mol. The molecule has 47 heavy (non-hydrogen) atoms. The molecule has 11 nitrogen and oxygen atoms in total. The molecule has 0 radical (unpaired) electrons. The number of amides is 2. The Kier molecular flexibility index (Phi) is 10.0. The summed E-state index contributed by atoms with van der Waals surface area (Å²) in [5, 5.41) is 2.99. The van der Waals surface area contributed by atoms with Crippen LogP contribution in [0.25, 0.3) is 0 Å². The fourth-order valence-electron chi connectivity index (χ4n) is 5.42. The molecule has 2 aliphatic heterocycles. The third-order valence-corrected chi connectivity index (χ3v) is 9.80. The highest BCUT2D eigenvalue weighted by Crippen LogP contribution is 2.32. The van der Waals surface area contributed by atoms with Gasteiger partial charge in [0, 0.05) is 26.2 Å². The van der Waals surface area contributed by atoms with Gasteiger partial charge in [0.25, 0.3) is 5.91 Å². The lowest BCUT2D eigenvalue weighted by Crippen LogP contribution is -2.45. The van der Waals surface area contributed by atoms with E-state index in [1.807, 2.05) is 72.8 Å². The van der Waals surface area contributed by atoms with Gasteiger partial charge >= 0.3 is 0 Å². The molecule has 12 heteroatoms. The molecule has 0 aliphatic carbocycles. The number of hydrogen-bond donors (Lipinski definition) is 1. The van der Waals surface area contributed by atoms with Gasteiger partial charge in [0.2, 0.25) is 22.7 Å². The number of hydrogen-bond acceptors (Lipinski definition) is 8. The minimum Gasteiger partial charge on any atom is -0.484 e. The van der Waals surface area contributed by atoms with Gasteiger partial charge < -0.3 is 29.2 Å². The number of carbonyl (C=O) groups excluding carboxylic acids is 2. The zero-order chi connectivity index (χ0) is 32.6. The second kappa shape index (κ2) is 14.7. The third kappa shape index (κ3) is 7.74. The minimum atomic E-state index is -3.67. The summed E-state index contributed by atoms with van der Waals surface area (Å²) in [6, 6.07) is 29.0. The Morgan fingerprint density at radius 3 is 2.23 bits per heavy atom. The van der Waals surface area contributed by atoms with Crippen molar-refractivity contribution in [1.82, 2.24) is 14.5 Å². The summed E-state index contributed by atoms with van der Waals surface area (Å²) < 4.78 is 49.4. The first-order valence-electron chi connectivity index (χ1n) is 15.2. The molecule has 2 heterocycles. The average molecular weight is 658 g/mol. The molecule has 1 saturated heterocycles. The first-order valence-corrected chi connectivity index (χ1v) is 16.7. The number of ether oxygens (including phenoxy) is 4. The Bertz CT molecular complexity index is 1780. The van der Waals surface area contributed by atoms with Crippen molar-refractivity contribution in [2.75, 3.05) is 39.7 Å². The molecular weight excluding hydrogens is 622 g/mol. The van der Waals surface area contributed by atoms with Crippen LogP contribution in [0.1, 0.15) is 22.7 Å². The Hall–Kier alpha value is -4.91. The Morgan fingerprint density at radius 2 is 1.51 bits per heavy atom. The van der Waals surface area contributed by atoms with Crippen molar-refractivity contribution in [3.8, 4) is 17.2 Å². The van der Waals surface area contributed by atoms with Gasteiger partial charge in [0.05, 0.1) is 18.1 Å². The van der Waals surface area contributed by atoms with E-state index in [4.69, 9.17) is 18.9 Å². The summed E-state index contributed by atoms with van der Waals surface area (Å²) in [7, 11) is -3.67. The maximum Gasteiger partial charge on any atom is 0.261 e. The zero-order valence-electron chi connectivity index (χ0n) is 25.6. The lowest BCUT2D eigenvalue weighted by molar-refractivity contribution is -0.143. The summed E-state index contributed by atoms with van der Waals surface area (Å²) in [6.45, 7) is 1.42. The maximum absolute atomic E-state index is 14.0. The number of sulfonamides is 1. The van der Waals surface area contributed by atoms with Gasteiger partial charge in [-0.3, -0.25) is 9.59 Å². The SMILES string of the molecule is O=C(NCc1ccc2c(c1)OCO2)[C@@H](c1ccccc1)N(Cc1ccccc1)C(=O)COc1ccc(S(=O)(=O)N2CCOCC2)cc1. The number of rotatable bonds is 12. The lowest BCUT2D eigenvalue weighted by Gasteiger charge is -2.31. The maximum atomic E-state index is 14.0. The molecule has 1 fully saturated rings. The molecule has 6 rings (SSSR count). The van der Waals surface area contributed by atoms with Crippen LogP contribution >= 0.6 is 0 Å². The molecule has 0 unspecified atom stereocenters. The highest BCUT2D eigenvalue weighted by atomic mass is 32.2. The van der Waals surface area contributed by atoms with Crippen molar-refractivity contribution in [2.45, 2.75) is 24.0 Å². The van der Waals surface area contributed by atoms with Crippen LogP contribution in [0.2, 0.25) is 0 Å². The fourth-order valence-corrected chi connectivity index (χ4v) is 6.83. The van der Waals surface area contributed by atoms with Gasteiger partial charge in [0.1, 0.15) is 11.8 Å². The third-order valence-electron chi connectivity index (χ3n) is 7.89. The van der Waals surface area contributed by atoms with Crippen LogP contribution in [0.15, 0.2) is 108 Å². The van der Waals surface area contributed by atoms with Gasteiger partial charge in [-0.1, -0.05) is 66.7 Å². The number of nitrogens with zero attached hydrogens (tertiary/aromatic N) is 2.